The highest BCUT2D eigenvalue weighted by atomic mass is 32.2. The number of nitrogens with two attached hydrogens (primary N) is 1. The number of carboxylic acid groups (broad SMARTS) is 1. The molecular weight excluding hydrogens is 198 g/mol. The van der Waals surface area contributed by atoms with Crippen molar-refractivity contribution in [2.45, 2.75) is 45.1 Å². The third-order valence-corrected chi connectivity index (χ3v) is 3.18. The van der Waals surface area contributed by atoms with E-state index < -0.39 is 12.0 Å². The molecule has 0 rings (SSSR count). The molecule has 3 nitrogen and oxygen atoms in total. The minimum absolute atomic E-state index is 0.531. The first-order valence-corrected chi connectivity index (χ1v) is 6.40. The van der Waals surface area contributed by atoms with Crippen LogP contribution in [0.1, 0.15) is 39.0 Å². The van der Waals surface area contributed by atoms with E-state index in [1.807, 2.05) is 0 Å². The highest BCUT2D eigenvalue weighted by molar-refractivity contribution is 7.99. The highest BCUT2D eigenvalue weighted by Gasteiger charge is 2.09. The van der Waals surface area contributed by atoms with Crippen molar-refractivity contribution in [2.24, 2.45) is 5.73 Å². The van der Waals surface area contributed by atoms with Gasteiger partial charge in [-0.3, -0.25) is 4.79 Å². The van der Waals surface area contributed by atoms with Gasteiger partial charge >= 0.3 is 5.97 Å². The van der Waals surface area contributed by atoms with E-state index in [2.05, 4.69) is 6.92 Å². The van der Waals surface area contributed by atoms with Crippen LogP contribution in [-0.2, 0) is 4.79 Å². The summed E-state index contributed by atoms with van der Waals surface area (Å²) < 4.78 is 0. The SMILES string of the molecule is CCCCCCCSCC(N)C(=O)O. The fraction of sp³-hybridized carbons (Fsp3) is 0.900. The molecule has 0 aliphatic rings. The number of carbonyl (C=O) groups is 1. The molecule has 0 aliphatic heterocycles. The van der Waals surface area contributed by atoms with Gasteiger partial charge in [0.25, 0.3) is 0 Å². The fourth-order valence-corrected chi connectivity index (χ4v) is 2.06. The quantitative estimate of drug-likeness (QED) is 0.583. The second kappa shape index (κ2) is 9.34. The van der Waals surface area contributed by atoms with E-state index in [-0.39, 0.29) is 0 Å². The van der Waals surface area contributed by atoms with E-state index in [0.29, 0.717) is 5.75 Å². The molecule has 84 valence electrons. The predicted molar refractivity (Wildman–Crippen MR) is 61.7 cm³/mol. The van der Waals surface area contributed by atoms with Crippen molar-refractivity contribution in [1.29, 1.82) is 0 Å². The first-order valence-electron chi connectivity index (χ1n) is 5.24. The zero-order chi connectivity index (χ0) is 10.8. The number of hydrogen-bond donors (Lipinski definition) is 2. The molecule has 0 bridgehead atoms. The Bertz CT molecular complexity index is 153. The molecular formula is C10H21NO2S. The summed E-state index contributed by atoms with van der Waals surface area (Å²) in [5, 5.41) is 8.52. The lowest BCUT2D eigenvalue weighted by Crippen LogP contribution is -2.32. The van der Waals surface area contributed by atoms with Crippen LogP contribution in [0.25, 0.3) is 0 Å². The number of rotatable bonds is 9. The third kappa shape index (κ3) is 8.38. The summed E-state index contributed by atoms with van der Waals surface area (Å²) in [5.74, 6) is 0.664. The molecule has 0 amide bonds. The van der Waals surface area contributed by atoms with Crippen molar-refractivity contribution in [3.8, 4) is 0 Å². The van der Waals surface area contributed by atoms with Crippen molar-refractivity contribution in [1.82, 2.24) is 0 Å². The van der Waals surface area contributed by atoms with Crippen LogP contribution in [-0.4, -0.2) is 28.6 Å². The third-order valence-electron chi connectivity index (χ3n) is 2.01. The van der Waals surface area contributed by atoms with E-state index in [1.165, 1.54) is 32.1 Å². The molecule has 0 fully saturated rings. The zero-order valence-corrected chi connectivity index (χ0v) is 9.68. The van der Waals surface area contributed by atoms with Gasteiger partial charge in [0.05, 0.1) is 0 Å². The van der Waals surface area contributed by atoms with Crippen LogP contribution in [0.2, 0.25) is 0 Å². The van der Waals surface area contributed by atoms with Crippen LogP contribution >= 0.6 is 11.8 Å². The molecule has 1 atom stereocenters. The fourth-order valence-electron chi connectivity index (χ4n) is 1.09. The molecule has 0 aliphatic carbocycles. The van der Waals surface area contributed by atoms with E-state index in [4.69, 9.17) is 10.8 Å². The minimum Gasteiger partial charge on any atom is -0.480 e. The molecule has 0 spiro atoms. The van der Waals surface area contributed by atoms with Crippen LogP contribution in [0.3, 0.4) is 0 Å². The molecule has 0 aromatic heterocycles. The van der Waals surface area contributed by atoms with E-state index in [0.717, 1.165) is 5.75 Å². The van der Waals surface area contributed by atoms with Gasteiger partial charge in [-0.1, -0.05) is 32.6 Å². The molecule has 0 aromatic rings. The second-order valence-electron chi connectivity index (χ2n) is 3.43. The summed E-state index contributed by atoms with van der Waals surface area (Å²) in [4.78, 5) is 10.4. The van der Waals surface area contributed by atoms with Crippen LogP contribution in [0.4, 0.5) is 0 Å². The van der Waals surface area contributed by atoms with Gasteiger partial charge in [0.1, 0.15) is 6.04 Å². The first kappa shape index (κ1) is 13.8. The van der Waals surface area contributed by atoms with Crippen LogP contribution in [0.5, 0.6) is 0 Å². The minimum atomic E-state index is -0.900. The van der Waals surface area contributed by atoms with Gasteiger partial charge in [-0.05, 0) is 12.2 Å². The lowest BCUT2D eigenvalue weighted by Gasteiger charge is -2.05. The van der Waals surface area contributed by atoms with Crippen molar-refractivity contribution < 1.29 is 9.90 Å². The van der Waals surface area contributed by atoms with Crippen LogP contribution in [0, 0.1) is 0 Å². The molecule has 4 heteroatoms. The number of carboxylic acids is 1. The molecule has 0 aromatic carbocycles. The van der Waals surface area contributed by atoms with Crippen molar-refractivity contribution in [3.05, 3.63) is 0 Å². The molecule has 14 heavy (non-hydrogen) atoms. The smallest absolute Gasteiger partial charge is 0.321 e. The average molecular weight is 219 g/mol. The molecule has 3 N–H and O–H groups in total. The lowest BCUT2D eigenvalue weighted by atomic mass is 10.2. The summed E-state index contributed by atoms with van der Waals surface area (Å²) in [7, 11) is 0. The Morgan fingerprint density at radius 1 is 1.36 bits per heavy atom. The molecule has 0 radical (unpaired) electrons. The Balaban J connectivity index is 3.09. The van der Waals surface area contributed by atoms with Gasteiger partial charge in [-0.25, -0.2) is 0 Å². The van der Waals surface area contributed by atoms with Gasteiger partial charge in [0.15, 0.2) is 0 Å². The van der Waals surface area contributed by atoms with Crippen molar-refractivity contribution in [3.63, 3.8) is 0 Å². The van der Waals surface area contributed by atoms with E-state index in [1.54, 1.807) is 11.8 Å². The van der Waals surface area contributed by atoms with Gasteiger partial charge in [-0.15, -0.1) is 0 Å². The Labute approximate surface area is 90.4 Å². The topological polar surface area (TPSA) is 63.3 Å². The molecule has 0 saturated carbocycles. The zero-order valence-electron chi connectivity index (χ0n) is 8.87. The summed E-state index contributed by atoms with van der Waals surface area (Å²) in [6.07, 6.45) is 6.29. The highest BCUT2D eigenvalue weighted by Crippen LogP contribution is 2.09. The number of unbranched alkanes of at least 4 members (excludes halogenated alkanes) is 4. The van der Waals surface area contributed by atoms with E-state index >= 15 is 0 Å². The molecule has 0 saturated heterocycles. The van der Waals surface area contributed by atoms with E-state index in [9.17, 15) is 4.79 Å². The average Bonchev–Trinajstić information content (AvgIpc) is 2.16. The largest absolute Gasteiger partial charge is 0.480 e. The standard InChI is InChI=1S/C10H21NO2S/c1-2-3-4-5-6-7-14-8-9(11)10(12)13/h9H,2-8,11H2,1H3,(H,12,13). The Morgan fingerprint density at radius 2 is 2.00 bits per heavy atom. The number of aliphatic carboxylic acids is 1. The number of hydrogen-bond acceptors (Lipinski definition) is 3. The van der Waals surface area contributed by atoms with Gasteiger partial charge in [0.2, 0.25) is 0 Å². The van der Waals surface area contributed by atoms with Gasteiger partial charge in [-0.2, -0.15) is 11.8 Å². The normalized spacial score (nSPS) is 12.7. The Morgan fingerprint density at radius 3 is 2.57 bits per heavy atom. The van der Waals surface area contributed by atoms with Crippen molar-refractivity contribution >= 4 is 17.7 Å². The monoisotopic (exact) mass is 219 g/mol. The molecule has 1 unspecified atom stereocenters. The summed E-state index contributed by atoms with van der Waals surface area (Å²) >= 11 is 1.64. The van der Waals surface area contributed by atoms with Crippen molar-refractivity contribution in [2.75, 3.05) is 11.5 Å². The van der Waals surface area contributed by atoms with Gasteiger partial charge in [0, 0.05) is 5.75 Å². The Kier molecular flexibility index (Phi) is 9.19. The predicted octanol–water partition coefficient (Wildman–Crippen LogP) is 2.10. The summed E-state index contributed by atoms with van der Waals surface area (Å²) in [6.45, 7) is 2.20. The molecule has 0 heterocycles. The Hall–Kier alpha value is -0.220. The van der Waals surface area contributed by atoms with Gasteiger partial charge < -0.3 is 10.8 Å². The maximum Gasteiger partial charge on any atom is 0.321 e. The summed E-state index contributed by atoms with van der Waals surface area (Å²) in [6, 6.07) is -0.698. The maximum absolute atomic E-state index is 10.4. The summed E-state index contributed by atoms with van der Waals surface area (Å²) in [5.41, 5.74) is 5.36. The maximum atomic E-state index is 10.4. The first-order chi connectivity index (χ1) is 6.68. The van der Waals surface area contributed by atoms with Crippen LogP contribution < -0.4 is 5.73 Å². The lowest BCUT2D eigenvalue weighted by molar-refractivity contribution is -0.137. The second-order valence-corrected chi connectivity index (χ2v) is 4.58. The number of thioether (sulfide) groups is 1. The van der Waals surface area contributed by atoms with Crippen LogP contribution in [0.15, 0.2) is 0 Å².